The van der Waals surface area contributed by atoms with Gasteiger partial charge < -0.3 is 15.2 Å². The van der Waals surface area contributed by atoms with Gasteiger partial charge >= 0.3 is 5.97 Å². The zero-order chi connectivity index (χ0) is 24.1. The second kappa shape index (κ2) is 10.4. The van der Waals surface area contributed by atoms with Crippen LogP contribution < -0.4 is 10.1 Å². The van der Waals surface area contributed by atoms with E-state index < -0.39 is 5.97 Å². The topological polar surface area (TPSA) is 132 Å². The minimum absolute atomic E-state index is 0.246. The van der Waals surface area contributed by atoms with E-state index >= 15 is 0 Å². The number of hydrogen-bond donors (Lipinski definition) is 2. The minimum Gasteiger partial charge on any atom is -0.497 e. The lowest BCUT2D eigenvalue weighted by Gasteiger charge is -2.25. The van der Waals surface area contributed by atoms with Gasteiger partial charge in [0.2, 0.25) is 5.82 Å². The van der Waals surface area contributed by atoms with Crippen molar-refractivity contribution in [2.75, 3.05) is 7.11 Å². The number of carbonyl (C=O) groups excluding carboxylic acids is 1. The van der Waals surface area contributed by atoms with Gasteiger partial charge in [0.1, 0.15) is 11.4 Å². The quantitative estimate of drug-likeness (QED) is 0.520. The molecule has 178 valence electrons. The SMILES string of the molecule is COc1cccc(CNC(=O)c2cc(-c3nnn(CC4CCC(C(=O)O)CC4)n3)cc(C)n2)c1. The van der Waals surface area contributed by atoms with Crippen LogP contribution in [-0.4, -0.2) is 49.3 Å². The largest absolute Gasteiger partial charge is 0.497 e. The van der Waals surface area contributed by atoms with E-state index in [1.807, 2.05) is 37.3 Å². The van der Waals surface area contributed by atoms with Gasteiger partial charge in [-0.25, -0.2) is 4.98 Å². The molecule has 0 saturated heterocycles. The molecule has 10 nitrogen and oxygen atoms in total. The minimum atomic E-state index is -0.712. The molecule has 1 aliphatic rings. The number of pyridine rings is 1. The van der Waals surface area contributed by atoms with Crippen molar-refractivity contribution in [2.45, 2.75) is 45.7 Å². The fourth-order valence-corrected chi connectivity index (χ4v) is 4.23. The van der Waals surface area contributed by atoms with Crippen LogP contribution in [0.5, 0.6) is 5.75 Å². The van der Waals surface area contributed by atoms with Crippen LogP contribution in [0.1, 0.15) is 47.4 Å². The lowest BCUT2D eigenvalue weighted by molar-refractivity contribution is -0.143. The van der Waals surface area contributed by atoms with E-state index in [1.54, 1.807) is 18.0 Å². The molecule has 2 N–H and O–H groups in total. The Morgan fingerprint density at radius 1 is 1.18 bits per heavy atom. The first kappa shape index (κ1) is 23.3. The molecular weight excluding hydrogens is 436 g/mol. The number of aliphatic carboxylic acids is 1. The van der Waals surface area contributed by atoms with Gasteiger partial charge in [0, 0.05) is 17.8 Å². The first-order chi connectivity index (χ1) is 16.4. The second-order valence-electron chi connectivity index (χ2n) is 8.64. The zero-order valence-corrected chi connectivity index (χ0v) is 19.3. The molecule has 2 aromatic heterocycles. The van der Waals surface area contributed by atoms with Gasteiger partial charge in [-0.2, -0.15) is 4.80 Å². The van der Waals surface area contributed by atoms with Crippen LogP contribution in [0.25, 0.3) is 11.4 Å². The van der Waals surface area contributed by atoms with E-state index in [0.29, 0.717) is 48.9 Å². The van der Waals surface area contributed by atoms with E-state index in [9.17, 15) is 9.59 Å². The number of hydrogen-bond acceptors (Lipinski definition) is 7. The summed E-state index contributed by atoms with van der Waals surface area (Å²) in [6.45, 7) is 2.75. The molecule has 1 aromatic carbocycles. The number of aryl methyl sites for hydroxylation is 1. The van der Waals surface area contributed by atoms with Gasteiger partial charge in [-0.05, 0) is 73.6 Å². The lowest BCUT2D eigenvalue weighted by Crippen LogP contribution is -2.24. The summed E-state index contributed by atoms with van der Waals surface area (Å²) in [5.74, 6) is 0.225. The highest BCUT2D eigenvalue weighted by Crippen LogP contribution is 2.29. The summed E-state index contributed by atoms with van der Waals surface area (Å²) < 4.78 is 5.22. The number of carboxylic acid groups (broad SMARTS) is 1. The van der Waals surface area contributed by atoms with Gasteiger partial charge in [0.15, 0.2) is 0 Å². The smallest absolute Gasteiger partial charge is 0.306 e. The summed E-state index contributed by atoms with van der Waals surface area (Å²) in [5, 5.41) is 24.9. The first-order valence-corrected chi connectivity index (χ1v) is 11.3. The van der Waals surface area contributed by atoms with Crippen LogP contribution >= 0.6 is 0 Å². The number of methoxy groups -OCH3 is 1. The molecule has 0 spiro atoms. The van der Waals surface area contributed by atoms with Crippen LogP contribution in [-0.2, 0) is 17.9 Å². The molecule has 10 heteroatoms. The number of nitrogens with zero attached hydrogens (tertiary/aromatic N) is 5. The maximum atomic E-state index is 12.7. The number of carbonyl (C=O) groups is 2. The zero-order valence-electron chi connectivity index (χ0n) is 19.3. The summed E-state index contributed by atoms with van der Waals surface area (Å²) in [6.07, 6.45) is 3.03. The fraction of sp³-hybridized carbons (Fsp3) is 0.417. The van der Waals surface area contributed by atoms with Crippen LogP contribution in [0, 0.1) is 18.8 Å². The highest BCUT2D eigenvalue weighted by atomic mass is 16.5. The van der Waals surface area contributed by atoms with Crippen molar-refractivity contribution in [3.63, 3.8) is 0 Å². The molecule has 0 radical (unpaired) electrons. The van der Waals surface area contributed by atoms with Crippen molar-refractivity contribution in [3.8, 4) is 17.1 Å². The van der Waals surface area contributed by atoms with Crippen LogP contribution in [0.15, 0.2) is 36.4 Å². The van der Waals surface area contributed by atoms with E-state index in [2.05, 4.69) is 25.7 Å². The average Bonchev–Trinajstić information content (AvgIpc) is 3.31. The van der Waals surface area contributed by atoms with Crippen molar-refractivity contribution in [2.24, 2.45) is 11.8 Å². The monoisotopic (exact) mass is 464 g/mol. The molecule has 0 aliphatic heterocycles. The van der Waals surface area contributed by atoms with Crippen molar-refractivity contribution in [1.29, 1.82) is 0 Å². The van der Waals surface area contributed by atoms with Gasteiger partial charge in [-0.3, -0.25) is 9.59 Å². The van der Waals surface area contributed by atoms with Gasteiger partial charge in [0.05, 0.1) is 19.6 Å². The molecule has 2 heterocycles. The molecule has 1 amide bonds. The Balaban J connectivity index is 1.40. The van der Waals surface area contributed by atoms with Gasteiger partial charge in [0.25, 0.3) is 5.91 Å². The fourth-order valence-electron chi connectivity index (χ4n) is 4.23. The highest BCUT2D eigenvalue weighted by Gasteiger charge is 2.26. The van der Waals surface area contributed by atoms with E-state index in [0.717, 1.165) is 24.2 Å². The van der Waals surface area contributed by atoms with Crippen molar-refractivity contribution in [3.05, 3.63) is 53.3 Å². The molecule has 1 fully saturated rings. The summed E-state index contributed by atoms with van der Waals surface area (Å²) in [6, 6.07) is 11.0. The lowest BCUT2D eigenvalue weighted by atomic mass is 9.82. The number of benzene rings is 1. The number of ether oxygens (including phenoxy) is 1. The first-order valence-electron chi connectivity index (χ1n) is 11.3. The summed E-state index contributed by atoms with van der Waals surface area (Å²) in [4.78, 5) is 29.8. The van der Waals surface area contributed by atoms with Crippen molar-refractivity contribution < 1.29 is 19.4 Å². The number of aromatic nitrogens is 5. The number of nitrogens with one attached hydrogen (secondary N) is 1. The molecule has 3 aromatic rings. The molecule has 4 rings (SSSR count). The molecule has 34 heavy (non-hydrogen) atoms. The number of rotatable bonds is 8. The third kappa shape index (κ3) is 5.75. The molecule has 0 atom stereocenters. The van der Waals surface area contributed by atoms with Gasteiger partial charge in [-0.1, -0.05) is 12.1 Å². The van der Waals surface area contributed by atoms with Crippen molar-refractivity contribution >= 4 is 11.9 Å². The van der Waals surface area contributed by atoms with E-state index in [1.165, 1.54) is 0 Å². The number of tetrazole rings is 1. The third-order valence-electron chi connectivity index (χ3n) is 6.10. The summed E-state index contributed by atoms with van der Waals surface area (Å²) in [7, 11) is 1.60. The normalized spacial score (nSPS) is 17.8. The molecule has 1 saturated carbocycles. The Morgan fingerprint density at radius 3 is 2.71 bits per heavy atom. The summed E-state index contributed by atoms with van der Waals surface area (Å²) >= 11 is 0. The molecule has 0 bridgehead atoms. The van der Waals surface area contributed by atoms with Crippen molar-refractivity contribution in [1.82, 2.24) is 30.5 Å². The van der Waals surface area contributed by atoms with Crippen LogP contribution in [0.2, 0.25) is 0 Å². The number of carboxylic acids is 1. The van der Waals surface area contributed by atoms with E-state index in [4.69, 9.17) is 9.84 Å². The number of amides is 1. The van der Waals surface area contributed by atoms with E-state index in [-0.39, 0.29) is 17.5 Å². The Labute approximate surface area is 197 Å². The Bertz CT molecular complexity index is 1170. The molecule has 1 aliphatic carbocycles. The molecule has 0 unspecified atom stereocenters. The highest BCUT2D eigenvalue weighted by molar-refractivity contribution is 5.93. The molecular formula is C24H28N6O4. The standard InChI is InChI=1S/C24H28N6O4/c1-15-10-19(12-21(26-15)23(31)25-13-17-4-3-5-20(11-17)34-2)22-27-29-30(28-22)14-16-6-8-18(9-7-16)24(32)33/h3-5,10-12,16,18H,6-9,13-14H2,1-2H3,(H,25,31)(H,32,33). The Morgan fingerprint density at radius 2 is 1.97 bits per heavy atom. The Kier molecular flexibility index (Phi) is 7.15. The maximum absolute atomic E-state index is 12.7. The Hall–Kier alpha value is -3.82. The van der Waals surface area contributed by atoms with Crippen LogP contribution in [0.3, 0.4) is 0 Å². The predicted octanol–water partition coefficient (Wildman–Crippen LogP) is 2.87. The average molecular weight is 465 g/mol. The van der Waals surface area contributed by atoms with Gasteiger partial charge in [-0.15, -0.1) is 10.2 Å². The second-order valence-corrected chi connectivity index (χ2v) is 8.64. The summed E-state index contributed by atoms with van der Waals surface area (Å²) in [5.41, 5.74) is 2.54. The maximum Gasteiger partial charge on any atom is 0.306 e. The predicted molar refractivity (Wildman–Crippen MR) is 123 cm³/mol. The van der Waals surface area contributed by atoms with Crippen LogP contribution in [0.4, 0.5) is 0 Å². The third-order valence-corrected chi connectivity index (χ3v) is 6.10.